The highest BCUT2D eigenvalue weighted by atomic mass is 15.2. The summed E-state index contributed by atoms with van der Waals surface area (Å²) in [7, 11) is 0. The fourth-order valence-electron chi connectivity index (χ4n) is 9.51. The number of hydrogen-bond acceptors (Lipinski definition) is 1. The minimum Gasteiger partial charge on any atom is -0.337 e. The fraction of sp³-hybridized carbons (Fsp3) is 0.125. The second kappa shape index (κ2) is 10.8. The molecule has 0 N–H and O–H groups in total. The van der Waals surface area contributed by atoms with E-state index in [1.807, 2.05) is 0 Å². The van der Waals surface area contributed by atoms with Crippen LogP contribution < -0.4 is 4.90 Å². The number of nitrogens with zero attached hydrogens (tertiary/aromatic N) is 2. The van der Waals surface area contributed by atoms with Crippen LogP contribution in [-0.2, 0) is 6.42 Å². The maximum atomic E-state index is 2.62. The number of hydrogen-bond donors (Lipinski definition) is 0. The molecule has 1 aromatic heterocycles. The molecule has 0 bridgehead atoms. The second-order valence-corrected chi connectivity index (χ2v) is 14.2. The lowest BCUT2D eigenvalue weighted by atomic mass is 9.86. The molecule has 2 heterocycles. The third-order valence-electron chi connectivity index (χ3n) is 11.7. The van der Waals surface area contributed by atoms with Crippen molar-refractivity contribution in [2.45, 2.75) is 37.6 Å². The quantitative estimate of drug-likeness (QED) is 0.175. The Morgan fingerprint density at radius 1 is 0.620 bits per heavy atom. The average molecular weight is 641 g/mol. The average Bonchev–Trinajstić information content (AvgIpc) is 3.71. The van der Waals surface area contributed by atoms with Gasteiger partial charge in [-0.2, -0.15) is 0 Å². The Morgan fingerprint density at radius 2 is 1.44 bits per heavy atom. The van der Waals surface area contributed by atoms with Crippen LogP contribution in [0.5, 0.6) is 0 Å². The lowest BCUT2D eigenvalue weighted by Crippen LogP contribution is -2.33. The van der Waals surface area contributed by atoms with Crippen molar-refractivity contribution in [3.8, 4) is 0 Å². The molecule has 50 heavy (non-hydrogen) atoms. The second-order valence-electron chi connectivity index (χ2n) is 14.2. The molecule has 2 heteroatoms. The van der Waals surface area contributed by atoms with Gasteiger partial charge in [0.2, 0.25) is 0 Å². The van der Waals surface area contributed by atoms with E-state index in [0.29, 0.717) is 0 Å². The number of allylic oxidation sites excluding steroid dienone is 7. The van der Waals surface area contributed by atoms with Crippen molar-refractivity contribution < 1.29 is 0 Å². The molecule has 0 amide bonds. The zero-order valence-corrected chi connectivity index (χ0v) is 27.9. The zero-order valence-electron chi connectivity index (χ0n) is 27.9. The van der Waals surface area contributed by atoms with Crippen LogP contribution in [0.2, 0.25) is 0 Å². The van der Waals surface area contributed by atoms with E-state index in [9.17, 15) is 0 Å². The van der Waals surface area contributed by atoms with E-state index in [0.717, 1.165) is 25.7 Å². The summed E-state index contributed by atoms with van der Waals surface area (Å²) in [5.41, 5.74) is 13.6. The van der Waals surface area contributed by atoms with Gasteiger partial charge in [-0.05, 0) is 93.8 Å². The normalized spacial score (nSPS) is 19.4. The van der Waals surface area contributed by atoms with Gasteiger partial charge in [0.05, 0.1) is 17.1 Å². The summed E-state index contributed by atoms with van der Waals surface area (Å²) < 4.78 is 2.59. The number of para-hydroxylation sites is 2. The van der Waals surface area contributed by atoms with Gasteiger partial charge in [0, 0.05) is 39.3 Å². The van der Waals surface area contributed by atoms with E-state index >= 15 is 0 Å². The number of aromatic nitrogens is 1. The van der Waals surface area contributed by atoms with Crippen LogP contribution in [0.15, 0.2) is 157 Å². The first-order chi connectivity index (χ1) is 24.8. The number of aryl methyl sites for hydroxylation is 1. The van der Waals surface area contributed by atoms with Crippen molar-refractivity contribution in [1.29, 1.82) is 0 Å². The smallest absolute Gasteiger partial charge is 0.0627 e. The molecular formula is C48H36N2. The van der Waals surface area contributed by atoms with E-state index in [1.54, 1.807) is 0 Å². The summed E-state index contributed by atoms with van der Waals surface area (Å²) in [5.74, 6) is 0.260. The summed E-state index contributed by atoms with van der Waals surface area (Å²) in [5, 5.41) is 8.13. The van der Waals surface area contributed by atoms with Gasteiger partial charge in [0.1, 0.15) is 0 Å². The Hall–Kier alpha value is -5.86. The number of rotatable bonds is 3. The van der Waals surface area contributed by atoms with Gasteiger partial charge >= 0.3 is 0 Å². The molecule has 4 aliphatic rings. The molecule has 0 fully saturated rings. The van der Waals surface area contributed by atoms with Crippen LogP contribution in [-0.4, -0.2) is 10.6 Å². The van der Waals surface area contributed by atoms with Gasteiger partial charge in [-0.1, -0.05) is 134 Å². The highest BCUT2D eigenvalue weighted by Gasteiger charge is 2.39. The summed E-state index contributed by atoms with van der Waals surface area (Å²) in [4.78, 5) is 2.62. The lowest BCUT2D eigenvalue weighted by Gasteiger charge is -2.33. The largest absolute Gasteiger partial charge is 0.337 e. The van der Waals surface area contributed by atoms with Crippen molar-refractivity contribution in [3.63, 3.8) is 0 Å². The first-order valence-electron chi connectivity index (χ1n) is 18.1. The third kappa shape index (κ3) is 3.96. The Labute approximate surface area is 292 Å². The van der Waals surface area contributed by atoms with Crippen molar-refractivity contribution in [1.82, 2.24) is 4.57 Å². The molecule has 0 saturated heterocycles. The summed E-state index contributed by atoms with van der Waals surface area (Å²) in [6.07, 6.45) is 21.2. The van der Waals surface area contributed by atoms with Gasteiger partial charge in [-0.3, -0.25) is 0 Å². The SMILES string of the molecule is C1=Cc2c(c3ccc4ccccc4c3c3c4ccccc4n(C4=CC5c6ccccc6N(C6=CC=C(c7ccccc7)CC6)C5C=C4)c23)CC1. The van der Waals surface area contributed by atoms with Gasteiger partial charge in [-0.25, -0.2) is 0 Å². The van der Waals surface area contributed by atoms with Crippen LogP contribution >= 0.6 is 0 Å². The van der Waals surface area contributed by atoms with Gasteiger partial charge in [0.25, 0.3) is 0 Å². The van der Waals surface area contributed by atoms with Crippen LogP contribution in [0, 0.1) is 0 Å². The maximum absolute atomic E-state index is 2.62. The third-order valence-corrected chi connectivity index (χ3v) is 11.7. The molecule has 1 aliphatic heterocycles. The molecule has 3 aliphatic carbocycles. The predicted octanol–water partition coefficient (Wildman–Crippen LogP) is 12.2. The van der Waals surface area contributed by atoms with Crippen LogP contribution in [0.1, 0.15) is 47.4 Å². The Balaban J connectivity index is 1.12. The molecule has 238 valence electrons. The van der Waals surface area contributed by atoms with E-state index in [1.165, 1.54) is 88.3 Å². The molecule has 0 saturated carbocycles. The molecule has 2 unspecified atom stereocenters. The van der Waals surface area contributed by atoms with E-state index in [-0.39, 0.29) is 12.0 Å². The van der Waals surface area contributed by atoms with E-state index in [2.05, 4.69) is 167 Å². The van der Waals surface area contributed by atoms with Crippen molar-refractivity contribution >= 4 is 66.4 Å². The van der Waals surface area contributed by atoms with Crippen molar-refractivity contribution in [2.75, 3.05) is 4.90 Å². The summed E-state index contributed by atoms with van der Waals surface area (Å²) in [6.45, 7) is 0. The zero-order chi connectivity index (χ0) is 32.8. The van der Waals surface area contributed by atoms with Crippen LogP contribution in [0.3, 0.4) is 0 Å². The topological polar surface area (TPSA) is 8.17 Å². The van der Waals surface area contributed by atoms with E-state index in [4.69, 9.17) is 0 Å². The van der Waals surface area contributed by atoms with Crippen LogP contribution in [0.25, 0.3) is 60.7 Å². The molecule has 6 aromatic carbocycles. The maximum Gasteiger partial charge on any atom is 0.0627 e. The van der Waals surface area contributed by atoms with E-state index < -0.39 is 0 Å². The Bertz CT molecular complexity index is 2710. The monoisotopic (exact) mass is 640 g/mol. The molecule has 7 aromatic rings. The Kier molecular flexibility index (Phi) is 6.07. The predicted molar refractivity (Wildman–Crippen MR) is 212 cm³/mol. The van der Waals surface area contributed by atoms with Crippen molar-refractivity contribution in [2.24, 2.45) is 0 Å². The standard InChI is InChI=1S/C48H36N2/c1-2-12-31(13-3-1)32-22-25-34(26-23-32)49-43-20-10-8-17-38(43)42-30-35(27-29-45(42)49)50-44-21-11-9-19-41(44)47-46-36-15-5-4-14-33(36)24-28-39(46)37-16-6-7-18-40(37)48(47)50/h1-5,7-15,17-22,24-25,27-30,42,45H,6,16,23,26H2. The fourth-order valence-corrected chi connectivity index (χ4v) is 9.51. The molecule has 11 rings (SSSR count). The number of fused-ring (bicyclic) bond motifs is 13. The molecular weight excluding hydrogens is 605 g/mol. The number of anilines is 1. The van der Waals surface area contributed by atoms with Crippen molar-refractivity contribution in [3.05, 3.63) is 180 Å². The summed E-state index contributed by atoms with van der Waals surface area (Å²) >= 11 is 0. The minimum absolute atomic E-state index is 0.251. The molecule has 0 radical (unpaired) electrons. The molecule has 2 atom stereocenters. The van der Waals surface area contributed by atoms with Gasteiger partial charge in [-0.15, -0.1) is 0 Å². The summed E-state index contributed by atoms with van der Waals surface area (Å²) in [6, 6.07) is 42.9. The lowest BCUT2D eigenvalue weighted by molar-refractivity contribution is 0.702. The first-order valence-corrected chi connectivity index (χ1v) is 18.1. The van der Waals surface area contributed by atoms with Gasteiger partial charge < -0.3 is 9.47 Å². The minimum atomic E-state index is 0.251. The van der Waals surface area contributed by atoms with Gasteiger partial charge in [0.15, 0.2) is 0 Å². The molecule has 2 nitrogen and oxygen atoms in total. The number of benzene rings is 6. The van der Waals surface area contributed by atoms with Crippen LogP contribution in [0.4, 0.5) is 5.69 Å². The Morgan fingerprint density at radius 3 is 2.34 bits per heavy atom. The molecule has 0 spiro atoms. The highest BCUT2D eigenvalue weighted by molar-refractivity contribution is 6.30. The highest BCUT2D eigenvalue weighted by Crippen LogP contribution is 2.50. The first kappa shape index (κ1) is 28.0.